The molecule has 0 bridgehead atoms. The van der Waals surface area contributed by atoms with Crippen molar-refractivity contribution in [2.75, 3.05) is 6.54 Å². The molecule has 4 nitrogen and oxygen atoms in total. The van der Waals surface area contributed by atoms with E-state index in [0.717, 1.165) is 11.1 Å². The number of rotatable bonds is 7. The normalized spacial score (nSPS) is 11.7. The van der Waals surface area contributed by atoms with E-state index >= 15 is 0 Å². The summed E-state index contributed by atoms with van der Waals surface area (Å²) in [6, 6.07) is 13.4. The minimum atomic E-state index is -0.644. The SMILES string of the molecule is CCNC(=O)C(C)N(Cc1cccc(C)c1)C(=O)Cc1ccccc1F. The minimum Gasteiger partial charge on any atom is -0.355 e. The number of nitrogens with zero attached hydrogens (tertiary/aromatic N) is 1. The third kappa shape index (κ3) is 5.15. The molecule has 0 spiro atoms. The Morgan fingerprint density at radius 1 is 1.15 bits per heavy atom. The fourth-order valence-electron chi connectivity index (χ4n) is 2.82. The maximum atomic E-state index is 13.9. The van der Waals surface area contributed by atoms with Crippen molar-refractivity contribution < 1.29 is 14.0 Å². The molecule has 0 fully saturated rings. The second-order valence-electron chi connectivity index (χ2n) is 6.35. The summed E-state index contributed by atoms with van der Waals surface area (Å²) in [5.74, 6) is -0.917. The Bertz CT molecular complexity index is 776. The van der Waals surface area contributed by atoms with Crippen LogP contribution in [0.25, 0.3) is 0 Å². The van der Waals surface area contributed by atoms with Gasteiger partial charge in [0.25, 0.3) is 0 Å². The molecule has 2 rings (SSSR count). The summed E-state index contributed by atoms with van der Waals surface area (Å²) in [6.45, 7) is 6.29. The van der Waals surface area contributed by atoms with Gasteiger partial charge in [-0.2, -0.15) is 0 Å². The maximum absolute atomic E-state index is 13.9. The molecule has 0 saturated carbocycles. The van der Waals surface area contributed by atoms with Crippen LogP contribution >= 0.6 is 0 Å². The molecule has 2 aromatic rings. The molecule has 2 amide bonds. The topological polar surface area (TPSA) is 49.4 Å². The number of hydrogen-bond donors (Lipinski definition) is 1. The van der Waals surface area contributed by atoms with Gasteiger partial charge in [-0.15, -0.1) is 0 Å². The van der Waals surface area contributed by atoms with E-state index in [0.29, 0.717) is 18.7 Å². The van der Waals surface area contributed by atoms with Crippen LogP contribution in [0.15, 0.2) is 48.5 Å². The number of likely N-dealkylation sites (N-methyl/N-ethyl adjacent to an activating group) is 1. The highest BCUT2D eigenvalue weighted by Crippen LogP contribution is 2.15. The fraction of sp³-hybridized carbons (Fsp3) is 0.333. The van der Waals surface area contributed by atoms with E-state index in [4.69, 9.17) is 0 Å². The van der Waals surface area contributed by atoms with Crippen molar-refractivity contribution in [2.24, 2.45) is 0 Å². The molecule has 26 heavy (non-hydrogen) atoms. The highest BCUT2D eigenvalue weighted by molar-refractivity contribution is 5.88. The van der Waals surface area contributed by atoms with E-state index in [1.807, 2.05) is 38.1 Å². The van der Waals surface area contributed by atoms with Gasteiger partial charge in [-0.25, -0.2) is 4.39 Å². The van der Waals surface area contributed by atoms with Crippen molar-refractivity contribution in [1.29, 1.82) is 0 Å². The van der Waals surface area contributed by atoms with Crippen molar-refractivity contribution in [1.82, 2.24) is 10.2 Å². The van der Waals surface area contributed by atoms with Crippen LogP contribution < -0.4 is 5.32 Å². The Kier molecular flexibility index (Phi) is 6.89. The Morgan fingerprint density at radius 2 is 1.88 bits per heavy atom. The summed E-state index contributed by atoms with van der Waals surface area (Å²) < 4.78 is 13.9. The Labute approximate surface area is 154 Å². The van der Waals surface area contributed by atoms with E-state index in [1.165, 1.54) is 11.0 Å². The van der Waals surface area contributed by atoms with E-state index in [1.54, 1.807) is 25.1 Å². The smallest absolute Gasteiger partial charge is 0.242 e. The second-order valence-corrected chi connectivity index (χ2v) is 6.35. The van der Waals surface area contributed by atoms with Crippen molar-refractivity contribution in [2.45, 2.75) is 39.8 Å². The van der Waals surface area contributed by atoms with Gasteiger partial charge in [-0.3, -0.25) is 9.59 Å². The summed E-state index contributed by atoms with van der Waals surface area (Å²) in [5.41, 5.74) is 2.34. The number of amides is 2. The van der Waals surface area contributed by atoms with Crippen LogP contribution in [-0.4, -0.2) is 29.3 Å². The van der Waals surface area contributed by atoms with Crippen LogP contribution in [0.4, 0.5) is 4.39 Å². The molecule has 0 aliphatic heterocycles. The number of halogens is 1. The van der Waals surface area contributed by atoms with Crippen molar-refractivity contribution >= 4 is 11.8 Å². The first kappa shape index (κ1) is 19.6. The predicted molar refractivity (Wildman–Crippen MR) is 100.0 cm³/mol. The number of aryl methyl sites for hydroxylation is 1. The lowest BCUT2D eigenvalue weighted by molar-refractivity contribution is -0.140. The van der Waals surface area contributed by atoms with Crippen molar-refractivity contribution in [3.8, 4) is 0 Å². The quantitative estimate of drug-likeness (QED) is 0.828. The second kappa shape index (κ2) is 9.13. The van der Waals surface area contributed by atoms with Gasteiger partial charge in [0, 0.05) is 13.1 Å². The monoisotopic (exact) mass is 356 g/mol. The number of hydrogen-bond acceptors (Lipinski definition) is 2. The zero-order valence-corrected chi connectivity index (χ0v) is 15.5. The average molecular weight is 356 g/mol. The zero-order chi connectivity index (χ0) is 19.1. The van der Waals surface area contributed by atoms with Gasteiger partial charge in [-0.05, 0) is 38.0 Å². The lowest BCUT2D eigenvalue weighted by Gasteiger charge is -2.29. The predicted octanol–water partition coefficient (Wildman–Crippen LogP) is 3.23. The third-order valence-corrected chi connectivity index (χ3v) is 4.25. The summed E-state index contributed by atoms with van der Waals surface area (Å²) in [6.07, 6.45) is -0.0811. The first-order valence-electron chi connectivity index (χ1n) is 8.78. The van der Waals surface area contributed by atoms with Crippen LogP contribution in [0.2, 0.25) is 0 Å². The largest absolute Gasteiger partial charge is 0.355 e. The molecule has 0 radical (unpaired) electrons. The van der Waals surface area contributed by atoms with E-state index < -0.39 is 11.9 Å². The number of carbonyl (C=O) groups excluding carboxylic acids is 2. The fourth-order valence-corrected chi connectivity index (χ4v) is 2.82. The Morgan fingerprint density at radius 3 is 2.54 bits per heavy atom. The molecule has 0 aliphatic rings. The summed E-state index contributed by atoms with van der Waals surface area (Å²) in [4.78, 5) is 26.7. The Hall–Kier alpha value is -2.69. The highest BCUT2D eigenvalue weighted by atomic mass is 19.1. The van der Waals surface area contributed by atoms with Gasteiger partial charge < -0.3 is 10.2 Å². The van der Waals surface area contributed by atoms with Crippen LogP contribution in [0, 0.1) is 12.7 Å². The van der Waals surface area contributed by atoms with E-state index in [9.17, 15) is 14.0 Å². The molecule has 2 aromatic carbocycles. The van der Waals surface area contributed by atoms with Crippen LogP contribution in [0.3, 0.4) is 0 Å². The summed E-state index contributed by atoms with van der Waals surface area (Å²) in [7, 11) is 0. The summed E-state index contributed by atoms with van der Waals surface area (Å²) >= 11 is 0. The molecule has 5 heteroatoms. The van der Waals surface area contributed by atoms with Crippen molar-refractivity contribution in [3.05, 3.63) is 71.0 Å². The molecule has 0 aromatic heterocycles. The van der Waals surface area contributed by atoms with Gasteiger partial charge in [0.2, 0.25) is 11.8 Å². The molecule has 1 N–H and O–H groups in total. The highest BCUT2D eigenvalue weighted by Gasteiger charge is 2.26. The number of benzene rings is 2. The molecule has 0 saturated heterocycles. The Balaban J connectivity index is 2.25. The molecule has 0 heterocycles. The van der Waals surface area contributed by atoms with E-state index in [-0.39, 0.29) is 18.2 Å². The van der Waals surface area contributed by atoms with Gasteiger partial charge in [0.05, 0.1) is 6.42 Å². The number of nitrogens with one attached hydrogen (secondary N) is 1. The molecule has 0 aliphatic carbocycles. The molecular formula is C21H25FN2O2. The minimum absolute atomic E-state index is 0.0811. The molecule has 1 unspecified atom stereocenters. The number of carbonyl (C=O) groups is 2. The lowest BCUT2D eigenvalue weighted by Crippen LogP contribution is -2.48. The van der Waals surface area contributed by atoms with Gasteiger partial charge in [0.1, 0.15) is 11.9 Å². The zero-order valence-electron chi connectivity index (χ0n) is 15.5. The molecular weight excluding hydrogens is 331 g/mol. The first-order valence-corrected chi connectivity index (χ1v) is 8.78. The van der Waals surface area contributed by atoms with Gasteiger partial charge in [0.15, 0.2) is 0 Å². The maximum Gasteiger partial charge on any atom is 0.242 e. The van der Waals surface area contributed by atoms with E-state index in [2.05, 4.69) is 5.32 Å². The molecule has 1 atom stereocenters. The van der Waals surface area contributed by atoms with Gasteiger partial charge >= 0.3 is 0 Å². The average Bonchev–Trinajstić information content (AvgIpc) is 2.61. The third-order valence-electron chi connectivity index (χ3n) is 4.25. The lowest BCUT2D eigenvalue weighted by atomic mass is 10.1. The first-order chi connectivity index (χ1) is 12.4. The van der Waals surface area contributed by atoms with Crippen molar-refractivity contribution in [3.63, 3.8) is 0 Å². The summed E-state index contributed by atoms with van der Waals surface area (Å²) in [5, 5.41) is 2.75. The van der Waals surface area contributed by atoms with Gasteiger partial charge in [-0.1, -0.05) is 48.0 Å². The molecule has 138 valence electrons. The standard InChI is InChI=1S/C21H25FN2O2/c1-4-23-21(26)16(3)24(14-17-9-7-8-15(2)12-17)20(25)13-18-10-5-6-11-19(18)22/h5-12,16H,4,13-14H2,1-3H3,(H,23,26). The van der Waals surface area contributed by atoms with Crippen LogP contribution in [0.1, 0.15) is 30.5 Å². The van der Waals surface area contributed by atoms with Crippen LogP contribution in [-0.2, 0) is 22.6 Å². The van der Waals surface area contributed by atoms with Crippen LogP contribution in [0.5, 0.6) is 0 Å².